The molecular formula is C14H17FN2O. The Labute approximate surface area is 107 Å². The van der Waals surface area contributed by atoms with Crippen molar-refractivity contribution in [2.24, 2.45) is 5.92 Å². The summed E-state index contributed by atoms with van der Waals surface area (Å²) in [4.78, 5) is 11.8. The van der Waals surface area contributed by atoms with E-state index in [0.29, 0.717) is 6.42 Å². The van der Waals surface area contributed by atoms with Crippen molar-refractivity contribution in [2.75, 3.05) is 0 Å². The maximum atomic E-state index is 12.8. The third-order valence-corrected chi connectivity index (χ3v) is 2.78. The number of nitrogens with one attached hydrogen (secondary N) is 1. The van der Waals surface area contributed by atoms with Gasteiger partial charge in [0.1, 0.15) is 11.7 Å². The molecule has 18 heavy (non-hydrogen) atoms. The summed E-state index contributed by atoms with van der Waals surface area (Å²) in [6, 6.07) is 7.72. The Morgan fingerprint density at radius 2 is 2.06 bits per heavy atom. The Bertz CT molecular complexity index is 436. The van der Waals surface area contributed by atoms with E-state index in [1.807, 2.05) is 19.9 Å². The number of nitrogens with zero attached hydrogens (tertiary/aromatic N) is 1. The number of amides is 1. The number of hydrogen-bond donors (Lipinski definition) is 1. The van der Waals surface area contributed by atoms with E-state index in [2.05, 4.69) is 5.32 Å². The Morgan fingerprint density at radius 3 is 2.56 bits per heavy atom. The summed E-state index contributed by atoms with van der Waals surface area (Å²) in [5.74, 6) is -1.19. The lowest BCUT2D eigenvalue weighted by atomic mass is 10.0. The quantitative estimate of drug-likeness (QED) is 0.871. The molecule has 0 aliphatic rings. The van der Waals surface area contributed by atoms with Crippen LogP contribution in [0.1, 0.15) is 38.3 Å². The first-order valence-electron chi connectivity index (χ1n) is 6.04. The van der Waals surface area contributed by atoms with Crippen molar-refractivity contribution in [1.82, 2.24) is 5.32 Å². The molecule has 2 atom stereocenters. The van der Waals surface area contributed by atoms with Crippen LogP contribution in [0.15, 0.2) is 24.3 Å². The highest BCUT2D eigenvalue weighted by molar-refractivity contribution is 5.81. The summed E-state index contributed by atoms with van der Waals surface area (Å²) < 4.78 is 12.8. The average molecular weight is 248 g/mol. The second-order valence-corrected chi connectivity index (χ2v) is 4.25. The van der Waals surface area contributed by atoms with Gasteiger partial charge in [-0.1, -0.05) is 25.5 Å². The second kappa shape index (κ2) is 6.75. The smallest absolute Gasteiger partial charge is 0.237 e. The van der Waals surface area contributed by atoms with Crippen LogP contribution in [0.5, 0.6) is 0 Å². The Balaban J connectivity index is 2.64. The molecule has 0 bridgehead atoms. The molecule has 0 aliphatic carbocycles. The van der Waals surface area contributed by atoms with Crippen LogP contribution in [0.2, 0.25) is 0 Å². The molecule has 1 amide bonds. The number of benzene rings is 1. The number of rotatable bonds is 5. The zero-order valence-electron chi connectivity index (χ0n) is 10.6. The highest BCUT2D eigenvalue weighted by atomic mass is 19.1. The van der Waals surface area contributed by atoms with Crippen LogP contribution in [0.25, 0.3) is 0 Å². The van der Waals surface area contributed by atoms with Gasteiger partial charge in [0.25, 0.3) is 0 Å². The highest BCUT2D eigenvalue weighted by Crippen LogP contribution is 2.14. The van der Waals surface area contributed by atoms with Crippen molar-refractivity contribution in [3.8, 4) is 6.07 Å². The maximum absolute atomic E-state index is 12.8. The number of hydrogen-bond acceptors (Lipinski definition) is 2. The molecule has 0 aliphatic heterocycles. The van der Waals surface area contributed by atoms with Crippen LogP contribution in [-0.4, -0.2) is 5.91 Å². The first-order valence-corrected chi connectivity index (χ1v) is 6.04. The van der Waals surface area contributed by atoms with E-state index in [4.69, 9.17) is 5.26 Å². The fourth-order valence-corrected chi connectivity index (χ4v) is 1.69. The predicted molar refractivity (Wildman–Crippen MR) is 67.0 cm³/mol. The van der Waals surface area contributed by atoms with E-state index in [1.165, 1.54) is 12.1 Å². The first kappa shape index (κ1) is 14.2. The topological polar surface area (TPSA) is 52.9 Å². The summed E-state index contributed by atoms with van der Waals surface area (Å²) in [5, 5.41) is 11.7. The van der Waals surface area contributed by atoms with Gasteiger partial charge in [0.2, 0.25) is 5.91 Å². The van der Waals surface area contributed by atoms with Crippen molar-refractivity contribution in [3.05, 3.63) is 35.6 Å². The number of carbonyl (C=O) groups is 1. The van der Waals surface area contributed by atoms with Crippen LogP contribution < -0.4 is 5.32 Å². The van der Waals surface area contributed by atoms with Crippen molar-refractivity contribution < 1.29 is 9.18 Å². The normalized spacial score (nSPS) is 13.4. The van der Waals surface area contributed by atoms with Gasteiger partial charge in [-0.05, 0) is 31.0 Å². The first-order chi connectivity index (χ1) is 8.58. The zero-order chi connectivity index (χ0) is 13.5. The van der Waals surface area contributed by atoms with Gasteiger partial charge < -0.3 is 5.32 Å². The third kappa shape index (κ3) is 3.85. The zero-order valence-corrected chi connectivity index (χ0v) is 10.6. The molecule has 0 saturated heterocycles. The molecule has 4 heteroatoms. The van der Waals surface area contributed by atoms with Gasteiger partial charge in [0.15, 0.2) is 0 Å². The molecule has 3 nitrogen and oxygen atoms in total. The number of carbonyl (C=O) groups excluding carboxylic acids is 1. The van der Waals surface area contributed by atoms with Gasteiger partial charge in [-0.3, -0.25) is 4.79 Å². The number of nitriles is 1. The Morgan fingerprint density at radius 1 is 1.44 bits per heavy atom. The fraction of sp³-hybridized carbons (Fsp3) is 0.429. The van der Waals surface area contributed by atoms with Gasteiger partial charge >= 0.3 is 0 Å². The molecule has 0 heterocycles. The van der Waals surface area contributed by atoms with Crippen molar-refractivity contribution in [1.29, 1.82) is 5.26 Å². The third-order valence-electron chi connectivity index (χ3n) is 2.78. The molecule has 1 aromatic rings. The lowest BCUT2D eigenvalue weighted by molar-refractivity contribution is -0.124. The minimum absolute atomic E-state index is 0.231. The summed E-state index contributed by atoms with van der Waals surface area (Å²) >= 11 is 0. The van der Waals surface area contributed by atoms with E-state index in [9.17, 15) is 9.18 Å². The molecule has 0 fully saturated rings. The van der Waals surface area contributed by atoms with E-state index in [0.717, 1.165) is 12.0 Å². The van der Waals surface area contributed by atoms with E-state index >= 15 is 0 Å². The molecule has 0 radical (unpaired) electrons. The molecule has 1 N–H and O–H groups in total. The summed E-state index contributed by atoms with van der Waals surface area (Å²) in [6.07, 6.45) is 1.34. The average Bonchev–Trinajstić information content (AvgIpc) is 2.36. The molecule has 96 valence electrons. The molecule has 2 unspecified atom stereocenters. The molecule has 0 aromatic heterocycles. The molecule has 1 rings (SSSR count). The van der Waals surface area contributed by atoms with Gasteiger partial charge in [-0.2, -0.15) is 5.26 Å². The summed E-state index contributed by atoms with van der Waals surface area (Å²) in [7, 11) is 0. The SMILES string of the molecule is CCCC(C#N)C(=O)NC(C)c1ccc(F)cc1. The molecule has 1 aromatic carbocycles. The van der Waals surface area contributed by atoms with Crippen LogP contribution in [0.4, 0.5) is 4.39 Å². The van der Waals surface area contributed by atoms with Crippen LogP contribution in [-0.2, 0) is 4.79 Å². The molecular weight excluding hydrogens is 231 g/mol. The number of halogens is 1. The van der Waals surface area contributed by atoms with Gasteiger partial charge in [0, 0.05) is 0 Å². The molecule has 0 saturated carbocycles. The Kier molecular flexibility index (Phi) is 5.31. The largest absolute Gasteiger partial charge is 0.348 e. The monoisotopic (exact) mass is 248 g/mol. The minimum Gasteiger partial charge on any atom is -0.348 e. The van der Waals surface area contributed by atoms with Crippen molar-refractivity contribution >= 4 is 5.91 Å². The minimum atomic E-state index is -0.613. The van der Waals surface area contributed by atoms with E-state index in [-0.39, 0.29) is 17.8 Å². The summed E-state index contributed by atoms with van der Waals surface area (Å²) in [5.41, 5.74) is 0.818. The van der Waals surface area contributed by atoms with Gasteiger partial charge in [-0.15, -0.1) is 0 Å². The van der Waals surface area contributed by atoms with Crippen LogP contribution in [0, 0.1) is 23.1 Å². The Hall–Kier alpha value is -1.89. The van der Waals surface area contributed by atoms with Crippen molar-refractivity contribution in [2.45, 2.75) is 32.7 Å². The second-order valence-electron chi connectivity index (χ2n) is 4.25. The van der Waals surface area contributed by atoms with E-state index < -0.39 is 5.92 Å². The highest BCUT2D eigenvalue weighted by Gasteiger charge is 2.19. The van der Waals surface area contributed by atoms with E-state index in [1.54, 1.807) is 12.1 Å². The van der Waals surface area contributed by atoms with Gasteiger partial charge in [-0.25, -0.2) is 4.39 Å². The molecule has 0 spiro atoms. The summed E-state index contributed by atoms with van der Waals surface area (Å²) in [6.45, 7) is 3.74. The van der Waals surface area contributed by atoms with Crippen LogP contribution >= 0.6 is 0 Å². The van der Waals surface area contributed by atoms with Crippen LogP contribution in [0.3, 0.4) is 0 Å². The lowest BCUT2D eigenvalue weighted by Crippen LogP contribution is -2.32. The van der Waals surface area contributed by atoms with Crippen molar-refractivity contribution in [3.63, 3.8) is 0 Å². The lowest BCUT2D eigenvalue weighted by Gasteiger charge is -2.16. The maximum Gasteiger partial charge on any atom is 0.237 e. The standard InChI is InChI=1S/C14H17FN2O/c1-3-4-12(9-16)14(18)17-10(2)11-5-7-13(15)8-6-11/h5-8,10,12H,3-4H2,1-2H3,(H,17,18). The fourth-order valence-electron chi connectivity index (χ4n) is 1.69. The van der Waals surface area contributed by atoms with Gasteiger partial charge in [0.05, 0.1) is 12.1 Å². The predicted octanol–water partition coefficient (Wildman–Crippen LogP) is 2.94.